The van der Waals surface area contributed by atoms with Gasteiger partial charge in [-0.2, -0.15) is 0 Å². The second kappa shape index (κ2) is 6.29. The van der Waals surface area contributed by atoms with E-state index in [1.807, 2.05) is 4.90 Å². The van der Waals surface area contributed by atoms with Crippen LogP contribution in [0, 0.1) is 5.41 Å². The molecule has 2 aliphatic heterocycles. The fourth-order valence-electron chi connectivity index (χ4n) is 4.41. The molecule has 2 saturated heterocycles. The Morgan fingerprint density at radius 2 is 1.96 bits per heavy atom. The summed E-state index contributed by atoms with van der Waals surface area (Å²) in [5, 5.41) is 9.88. The van der Waals surface area contributed by atoms with Crippen LogP contribution in [-0.2, 0) is 10.0 Å². The molecule has 0 spiro atoms. The van der Waals surface area contributed by atoms with Crippen LogP contribution in [0.15, 0.2) is 24.3 Å². The van der Waals surface area contributed by atoms with Crippen molar-refractivity contribution in [1.82, 2.24) is 4.90 Å². The Kier molecular flexibility index (Phi) is 4.58. The number of aliphatic hydroxyl groups excluding tert-OH is 1. The second-order valence-corrected chi connectivity index (χ2v) is 9.33. The van der Waals surface area contributed by atoms with Crippen LogP contribution in [0.1, 0.15) is 43.0 Å². The Bertz CT molecular complexity index is 756. The lowest BCUT2D eigenvalue weighted by Gasteiger charge is -2.34. The monoisotopic (exact) mass is 366 g/mol. The molecule has 0 aromatic heterocycles. The number of benzene rings is 1. The molecule has 6 nitrogen and oxygen atoms in total. The molecule has 2 bridgehead atoms. The first-order valence-electron chi connectivity index (χ1n) is 8.71. The number of fused-ring (bicyclic) bond motifs is 2. The Labute approximate surface area is 149 Å². The van der Waals surface area contributed by atoms with Gasteiger partial charge in [-0.3, -0.25) is 9.10 Å². The summed E-state index contributed by atoms with van der Waals surface area (Å²) in [5.74, 6) is -0.0233. The summed E-state index contributed by atoms with van der Waals surface area (Å²) in [4.78, 5) is 15.0. The van der Waals surface area contributed by atoms with Crippen molar-refractivity contribution in [1.29, 1.82) is 0 Å². The molecule has 3 rings (SSSR count). The molecule has 7 heteroatoms. The molecule has 1 N–H and O–H groups in total. The summed E-state index contributed by atoms with van der Waals surface area (Å²) in [6.45, 7) is 2.20. The SMILES string of the molecule is CC[C@]1(CO)C[C@H]2CC[C@@H]1N2C(=O)c1ccc(N(C)S(C)(=O)=O)cc1. The zero-order valence-corrected chi connectivity index (χ0v) is 15.8. The van der Waals surface area contributed by atoms with Crippen molar-refractivity contribution < 1.29 is 18.3 Å². The highest BCUT2D eigenvalue weighted by Gasteiger charge is 2.56. The van der Waals surface area contributed by atoms with Crippen molar-refractivity contribution >= 4 is 21.6 Å². The summed E-state index contributed by atoms with van der Waals surface area (Å²) in [6.07, 6.45) is 4.82. The zero-order valence-electron chi connectivity index (χ0n) is 15.0. The highest BCUT2D eigenvalue weighted by molar-refractivity contribution is 7.92. The number of rotatable bonds is 5. The van der Waals surface area contributed by atoms with Crippen LogP contribution < -0.4 is 4.31 Å². The Morgan fingerprint density at radius 1 is 1.32 bits per heavy atom. The summed E-state index contributed by atoms with van der Waals surface area (Å²) < 4.78 is 24.4. The van der Waals surface area contributed by atoms with Gasteiger partial charge in [0.2, 0.25) is 10.0 Å². The highest BCUT2D eigenvalue weighted by atomic mass is 32.2. The van der Waals surface area contributed by atoms with E-state index in [1.165, 1.54) is 11.4 Å². The number of hydrogen-bond donors (Lipinski definition) is 1. The van der Waals surface area contributed by atoms with Gasteiger partial charge in [0, 0.05) is 30.1 Å². The molecule has 0 saturated carbocycles. The van der Waals surface area contributed by atoms with Crippen molar-refractivity contribution in [3.8, 4) is 0 Å². The molecule has 1 aromatic rings. The highest BCUT2D eigenvalue weighted by Crippen LogP contribution is 2.51. The van der Waals surface area contributed by atoms with Crippen LogP contribution in [0.4, 0.5) is 5.69 Å². The van der Waals surface area contributed by atoms with Crippen molar-refractivity contribution in [2.24, 2.45) is 5.41 Å². The number of hydrogen-bond acceptors (Lipinski definition) is 4. The predicted molar refractivity (Wildman–Crippen MR) is 97.1 cm³/mol. The standard InChI is InChI=1S/C18H26N2O4S/c1-4-18(12-21)11-15-9-10-16(18)20(15)17(22)13-5-7-14(8-6-13)19(2)25(3,23)24/h5-8,15-16,21H,4,9-12H2,1-3H3/t15-,16+,18-/m1/s1. The Balaban J connectivity index is 1.83. The minimum atomic E-state index is -3.32. The molecule has 0 radical (unpaired) electrons. The Morgan fingerprint density at radius 3 is 2.44 bits per heavy atom. The van der Waals surface area contributed by atoms with Crippen LogP contribution >= 0.6 is 0 Å². The van der Waals surface area contributed by atoms with Crippen molar-refractivity contribution in [3.05, 3.63) is 29.8 Å². The number of sulfonamides is 1. The van der Waals surface area contributed by atoms with E-state index in [0.29, 0.717) is 11.3 Å². The number of carbonyl (C=O) groups is 1. The molecule has 2 aliphatic rings. The fraction of sp³-hybridized carbons (Fsp3) is 0.611. The first-order valence-corrected chi connectivity index (χ1v) is 10.6. The first kappa shape index (κ1) is 18.2. The molecule has 3 atom stereocenters. The van der Waals surface area contributed by atoms with Crippen molar-refractivity contribution in [3.63, 3.8) is 0 Å². The quantitative estimate of drug-likeness (QED) is 0.863. The van der Waals surface area contributed by atoms with E-state index < -0.39 is 10.0 Å². The van der Waals surface area contributed by atoms with Crippen molar-refractivity contribution in [2.45, 2.75) is 44.7 Å². The third kappa shape index (κ3) is 2.93. The maximum Gasteiger partial charge on any atom is 0.254 e. The normalized spacial score (nSPS) is 28.4. The van der Waals surface area contributed by atoms with Crippen LogP contribution in [0.2, 0.25) is 0 Å². The van der Waals surface area contributed by atoms with E-state index in [4.69, 9.17) is 0 Å². The van der Waals surface area contributed by atoms with E-state index >= 15 is 0 Å². The minimum Gasteiger partial charge on any atom is -0.396 e. The van der Waals surface area contributed by atoms with Gasteiger partial charge in [-0.05, 0) is 49.9 Å². The second-order valence-electron chi connectivity index (χ2n) is 7.31. The number of carbonyl (C=O) groups excluding carboxylic acids is 1. The average molecular weight is 366 g/mol. The van der Waals surface area contributed by atoms with E-state index in [0.717, 1.165) is 31.9 Å². The summed E-state index contributed by atoms with van der Waals surface area (Å²) in [6, 6.07) is 6.98. The van der Waals surface area contributed by atoms with Crippen LogP contribution in [0.5, 0.6) is 0 Å². The number of amides is 1. The molecule has 138 valence electrons. The lowest BCUT2D eigenvalue weighted by atomic mass is 9.72. The summed E-state index contributed by atoms with van der Waals surface area (Å²) >= 11 is 0. The number of aliphatic hydroxyl groups is 1. The van der Waals surface area contributed by atoms with Crippen LogP contribution in [0.25, 0.3) is 0 Å². The van der Waals surface area contributed by atoms with E-state index in [9.17, 15) is 18.3 Å². The average Bonchev–Trinajstić information content (AvgIpc) is 3.15. The van der Waals surface area contributed by atoms with Gasteiger partial charge in [0.15, 0.2) is 0 Å². The molecule has 1 amide bonds. The van der Waals surface area contributed by atoms with Crippen LogP contribution in [-0.4, -0.2) is 56.3 Å². The van der Waals surface area contributed by atoms with Gasteiger partial charge in [0.1, 0.15) is 0 Å². The number of nitrogens with zero attached hydrogens (tertiary/aromatic N) is 2. The molecule has 0 unspecified atom stereocenters. The topological polar surface area (TPSA) is 77.9 Å². The maximum atomic E-state index is 13.0. The molecule has 25 heavy (non-hydrogen) atoms. The minimum absolute atomic E-state index is 0.0233. The molecule has 2 fully saturated rings. The Hall–Kier alpha value is -1.60. The van der Waals surface area contributed by atoms with Gasteiger partial charge in [0.25, 0.3) is 5.91 Å². The maximum absolute atomic E-state index is 13.0. The molecular weight excluding hydrogens is 340 g/mol. The zero-order chi connectivity index (χ0) is 18.4. The third-order valence-electron chi connectivity index (χ3n) is 6.08. The van der Waals surface area contributed by atoms with Gasteiger partial charge < -0.3 is 10.0 Å². The van der Waals surface area contributed by atoms with Gasteiger partial charge >= 0.3 is 0 Å². The van der Waals surface area contributed by atoms with Gasteiger partial charge in [-0.15, -0.1) is 0 Å². The summed E-state index contributed by atoms with van der Waals surface area (Å²) in [5.41, 5.74) is 0.920. The summed E-state index contributed by atoms with van der Waals surface area (Å²) in [7, 11) is -1.83. The van der Waals surface area contributed by atoms with Crippen LogP contribution in [0.3, 0.4) is 0 Å². The molecule has 1 aromatic carbocycles. The van der Waals surface area contributed by atoms with E-state index in [1.54, 1.807) is 24.3 Å². The van der Waals surface area contributed by atoms with Gasteiger partial charge in [-0.25, -0.2) is 8.42 Å². The largest absolute Gasteiger partial charge is 0.396 e. The number of anilines is 1. The lowest BCUT2D eigenvalue weighted by Crippen LogP contribution is -2.42. The van der Waals surface area contributed by atoms with Gasteiger partial charge in [-0.1, -0.05) is 6.92 Å². The lowest BCUT2D eigenvalue weighted by molar-refractivity contribution is 0.0557. The van der Waals surface area contributed by atoms with Gasteiger partial charge in [0.05, 0.1) is 18.6 Å². The molecule has 0 aliphatic carbocycles. The molecule has 2 heterocycles. The first-order chi connectivity index (χ1) is 11.7. The third-order valence-corrected chi connectivity index (χ3v) is 7.29. The van der Waals surface area contributed by atoms with Crippen molar-refractivity contribution in [2.75, 3.05) is 24.2 Å². The van der Waals surface area contributed by atoms with E-state index in [2.05, 4.69) is 6.92 Å². The predicted octanol–water partition coefficient (Wildman–Crippen LogP) is 1.85. The smallest absolute Gasteiger partial charge is 0.254 e. The molecular formula is C18H26N2O4S. The fourth-order valence-corrected chi connectivity index (χ4v) is 4.92. The van der Waals surface area contributed by atoms with E-state index in [-0.39, 0.29) is 30.0 Å².